The van der Waals surface area contributed by atoms with Crippen LogP contribution in [-0.2, 0) is 11.3 Å². The number of amides is 1. The van der Waals surface area contributed by atoms with Crippen molar-refractivity contribution in [3.63, 3.8) is 0 Å². The predicted octanol–water partition coefficient (Wildman–Crippen LogP) is 1.60. The van der Waals surface area contributed by atoms with Crippen LogP contribution in [0.3, 0.4) is 0 Å². The van der Waals surface area contributed by atoms with Crippen molar-refractivity contribution < 1.29 is 14.3 Å². The van der Waals surface area contributed by atoms with Gasteiger partial charge in [0.2, 0.25) is 0 Å². The van der Waals surface area contributed by atoms with Gasteiger partial charge in [0.1, 0.15) is 5.75 Å². The quantitative estimate of drug-likeness (QED) is 0.687. The molecular weight excluding hydrogens is 350 g/mol. The van der Waals surface area contributed by atoms with Crippen LogP contribution < -0.4 is 21.3 Å². The molecule has 0 spiro atoms. The summed E-state index contributed by atoms with van der Waals surface area (Å²) in [6.07, 6.45) is 0. The van der Waals surface area contributed by atoms with Crippen LogP contribution >= 0.6 is 0 Å². The Labute approximate surface area is 154 Å². The highest BCUT2D eigenvalue weighted by Crippen LogP contribution is 2.18. The minimum atomic E-state index is -0.546. The van der Waals surface area contributed by atoms with E-state index in [4.69, 9.17) is 9.47 Å². The fourth-order valence-corrected chi connectivity index (χ4v) is 2.69. The van der Waals surface area contributed by atoms with Crippen molar-refractivity contribution in [2.45, 2.75) is 6.54 Å². The van der Waals surface area contributed by atoms with E-state index >= 15 is 0 Å². The highest BCUT2D eigenvalue weighted by Gasteiger charge is 2.12. The summed E-state index contributed by atoms with van der Waals surface area (Å²) in [6.45, 7) is 0.397. The summed E-state index contributed by atoms with van der Waals surface area (Å²) in [5.74, 6) is 0.252. The lowest BCUT2D eigenvalue weighted by atomic mass is 10.1. The first-order chi connectivity index (χ1) is 13.0. The van der Waals surface area contributed by atoms with Gasteiger partial charge in [-0.3, -0.25) is 14.2 Å². The Morgan fingerprint density at radius 3 is 2.70 bits per heavy atom. The summed E-state index contributed by atoms with van der Waals surface area (Å²) >= 11 is 0. The first kappa shape index (κ1) is 18.4. The number of methoxy groups -OCH3 is 2. The standard InChI is InChI=1S/C19H19N3O5/c1-26-9-8-22-18(24)15-7-6-12(10-16(15)21-19(22)25)17(23)20-13-4-3-5-14(11-13)27-2/h3-7,10-11H,8-9H2,1-2H3,(H,20,23)(H,21,25). The summed E-state index contributed by atoms with van der Waals surface area (Å²) < 4.78 is 11.1. The number of aromatic amines is 1. The average molecular weight is 369 g/mol. The van der Waals surface area contributed by atoms with Crippen molar-refractivity contribution in [1.82, 2.24) is 9.55 Å². The van der Waals surface area contributed by atoms with Gasteiger partial charge in [0.15, 0.2) is 0 Å². The monoisotopic (exact) mass is 369 g/mol. The maximum Gasteiger partial charge on any atom is 0.328 e. The second kappa shape index (κ2) is 7.88. The van der Waals surface area contributed by atoms with Gasteiger partial charge in [0.25, 0.3) is 11.5 Å². The molecule has 8 nitrogen and oxygen atoms in total. The molecule has 3 aromatic rings. The second-order valence-electron chi connectivity index (χ2n) is 5.83. The minimum absolute atomic E-state index is 0.151. The van der Waals surface area contributed by atoms with Crippen molar-refractivity contribution in [3.8, 4) is 5.75 Å². The van der Waals surface area contributed by atoms with E-state index in [1.165, 1.54) is 25.3 Å². The second-order valence-corrected chi connectivity index (χ2v) is 5.83. The third-order valence-electron chi connectivity index (χ3n) is 4.09. The van der Waals surface area contributed by atoms with E-state index in [1.54, 1.807) is 31.4 Å². The number of carbonyl (C=O) groups excluding carboxylic acids is 1. The summed E-state index contributed by atoms with van der Waals surface area (Å²) in [5.41, 5.74) is 0.218. The van der Waals surface area contributed by atoms with Gasteiger partial charge in [0, 0.05) is 24.4 Å². The number of fused-ring (bicyclic) bond motifs is 1. The van der Waals surface area contributed by atoms with E-state index in [9.17, 15) is 14.4 Å². The largest absolute Gasteiger partial charge is 0.497 e. The van der Waals surface area contributed by atoms with Crippen LogP contribution in [0.2, 0.25) is 0 Å². The Morgan fingerprint density at radius 2 is 1.96 bits per heavy atom. The van der Waals surface area contributed by atoms with Gasteiger partial charge < -0.3 is 19.8 Å². The lowest BCUT2D eigenvalue weighted by Crippen LogP contribution is -2.36. The number of ether oxygens (including phenoxy) is 2. The number of nitrogens with zero attached hydrogens (tertiary/aromatic N) is 1. The van der Waals surface area contributed by atoms with E-state index in [0.717, 1.165) is 4.57 Å². The summed E-state index contributed by atoms with van der Waals surface area (Å²) in [4.78, 5) is 39.7. The van der Waals surface area contributed by atoms with Crippen LogP contribution in [0.4, 0.5) is 5.69 Å². The Hall–Kier alpha value is -3.39. The molecule has 1 heterocycles. The van der Waals surface area contributed by atoms with E-state index in [0.29, 0.717) is 27.9 Å². The summed E-state index contributed by atoms with van der Waals surface area (Å²) in [6, 6.07) is 11.5. The van der Waals surface area contributed by atoms with Crippen LogP contribution in [-0.4, -0.2) is 36.3 Å². The van der Waals surface area contributed by atoms with Gasteiger partial charge in [-0.05, 0) is 30.3 Å². The molecule has 0 saturated carbocycles. The highest BCUT2D eigenvalue weighted by molar-refractivity contribution is 6.06. The van der Waals surface area contributed by atoms with Gasteiger partial charge in [-0.1, -0.05) is 6.07 Å². The number of H-pyrrole nitrogens is 1. The third kappa shape index (κ3) is 3.90. The molecule has 1 aromatic heterocycles. The summed E-state index contributed by atoms with van der Waals surface area (Å²) in [7, 11) is 3.04. The number of aromatic nitrogens is 2. The van der Waals surface area contributed by atoms with Gasteiger partial charge >= 0.3 is 5.69 Å². The topological polar surface area (TPSA) is 102 Å². The molecule has 0 saturated heterocycles. The maximum absolute atomic E-state index is 12.5. The smallest absolute Gasteiger partial charge is 0.328 e. The molecule has 140 valence electrons. The first-order valence-electron chi connectivity index (χ1n) is 8.24. The van der Waals surface area contributed by atoms with Gasteiger partial charge in [-0.25, -0.2) is 4.79 Å². The Morgan fingerprint density at radius 1 is 1.15 bits per heavy atom. The van der Waals surface area contributed by atoms with Crippen LogP contribution in [0.5, 0.6) is 5.75 Å². The van der Waals surface area contributed by atoms with Crippen molar-refractivity contribution >= 4 is 22.5 Å². The maximum atomic E-state index is 12.5. The predicted molar refractivity (Wildman–Crippen MR) is 102 cm³/mol. The van der Waals surface area contributed by atoms with Crippen LogP contribution in [0.1, 0.15) is 10.4 Å². The zero-order valence-corrected chi connectivity index (χ0v) is 14.9. The zero-order valence-electron chi connectivity index (χ0n) is 14.9. The molecule has 27 heavy (non-hydrogen) atoms. The number of rotatable bonds is 6. The number of nitrogens with one attached hydrogen (secondary N) is 2. The number of hydrogen-bond acceptors (Lipinski definition) is 5. The van der Waals surface area contributed by atoms with E-state index in [2.05, 4.69) is 10.3 Å². The number of carbonyl (C=O) groups is 1. The van der Waals surface area contributed by atoms with Gasteiger partial charge in [-0.15, -0.1) is 0 Å². The Bertz CT molecular complexity index is 1100. The number of benzene rings is 2. The molecule has 0 aliphatic heterocycles. The zero-order chi connectivity index (χ0) is 19.4. The van der Waals surface area contributed by atoms with Crippen molar-refractivity contribution in [2.24, 2.45) is 0 Å². The van der Waals surface area contributed by atoms with Crippen molar-refractivity contribution in [3.05, 3.63) is 68.9 Å². The van der Waals surface area contributed by atoms with Crippen LogP contribution in [0.15, 0.2) is 52.1 Å². The van der Waals surface area contributed by atoms with E-state index in [1.807, 2.05) is 0 Å². The van der Waals surface area contributed by atoms with E-state index in [-0.39, 0.29) is 19.1 Å². The fraction of sp³-hybridized carbons (Fsp3) is 0.211. The molecule has 0 bridgehead atoms. The first-order valence-corrected chi connectivity index (χ1v) is 8.24. The molecule has 0 fully saturated rings. The SMILES string of the molecule is COCCn1c(=O)[nH]c2cc(C(=O)Nc3cccc(OC)c3)ccc2c1=O. The summed E-state index contributed by atoms with van der Waals surface area (Å²) in [5, 5.41) is 3.08. The third-order valence-corrected chi connectivity index (χ3v) is 4.09. The highest BCUT2D eigenvalue weighted by atomic mass is 16.5. The normalized spacial score (nSPS) is 10.7. The molecule has 2 N–H and O–H groups in total. The minimum Gasteiger partial charge on any atom is -0.497 e. The molecular formula is C19H19N3O5. The molecule has 0 aliphatic carbocycles. The Balaban J connectivity index is 1.93. The molecule has 0 atom stereocenters. The van der Waals surface area contributed by atoms with Gasteiger partial charge in [-0.2, -0.15) is 0 Å². The molecule has 0 unspecified atom stereocenters. The molecule has 0 radical (unpaired) electrons. The molecule has 2 aromatic carbocycles. The number of anilines is 1. The van der Waals surface area contributed by atoms with E-state index < -0.39 is 11.2 Å². The molecule has 8 heteroatoms. The Kier molecular flexibility index (Phi) is 5.37. The van der Waals surface area contributed by atoms with Crippen molar-refractivity contribution in [2.75, 3.05) is 26.1 Å². The lowest BCUT2D eigenvalue weighted by Gasteiger charge is -2.09. The number of hydrogen-bond donors (Lipinski definition) is 2. The van der Waals surface area contributed by atoms with Crippen LogP contribution in [0.25, 0.3) is 10.9 Å². The van der Waals surface area contributed by atoms with Crippen LogP contribution in [0, 0.1) is 0 Å². The lowest BCUT2D eigenvalue weighted by molar-refractivity contribution is 0.102. The molecule has 1 amide bonds. The van der Waals surface area contributed by atoms with Crippen molar-refractivity contribution in [1.29, 1.82) is 0 Å². The molecule has 0 aliphatic rings. The van der Waals surface area contributed by atoms with Gasteiger partial charge in [0.05, 0.1) is 31.2 Å². The fourth-order valence-electron chi connectivity index (χ4n) is 2.69. The average Bonchev–Trinajstić information content (AvgIpc) is 2.67. The molecule has 3 rings (SSSR count).